The lowest BCUT2D eigenvalue weighted by atomic mass is 10.2. The van der Waals surface area contributed by atoms with Gasteiger partial charge in [0.2, 0.25) is 11.7 Å². The highest BCUT2D eigenvalue weighted by molar-refractivity contribution is 5.86. The SMILES string of the molecule is CCOc1ccc(-c2nc(C3CC3)c(C(=O)O)o2)cc1. The normalized spacial score (nSPS) is 14.2. The molecule has 1 N–H and O–H groups in total. The summed E-state index contributed by atoms with van der Waals surface area (Å²) in [6.07, 6.45) is 1.96. The summed E-state index contributed by atoms with van der Waals surface area (Å²) in [6.45, 7) is 2.52. The van der Waals surface area contributed by atoms with Crippen LogP contribution in [-0.2, 0) is 0 Å². The third kappa shape index (κ3) is 2.39. The van der Waals surface area contributed by atoms with Gasteiger partial charge < -0.3 is 14.3 Å². The first-order chi connectivity index (χ1) is 9.69. The van der Waals surface area contributed by atoms with Crippen molar-refractivity contribution in [3.05, 3.63) is 35.7 Å². The number of aromatic nitrogens is 1. The highest BCUT2D eigenvalue weighted by Crippen LogP contribution is 2.42. The Morgan fingerprint density at radius 1 is 1.40 bits per heavy atom. The van der Waals surface area contributed by atoms with Crippen molar-refractivity contribution in [2.75, 3.05) is 6.61 Å². The Labute approximate surface area is 116 Å². The van der Waals surface area contributed by atoms with Gasteiger partial charge in [-0.25, -0.2) is 9.78 Å². The Hall–Kier alpha value is -2.30. The van der Waals surface area contributed by atoms with E-state index in [1.165, 1.54) is 0 Å². The second-order valence-corrected chi connectivity index (χ2v) is 4.77. The van der Waals surface area contributed by atoms with Crippen molar-refractivity contribution in [1.82, 2.24) is 4.98 Å². The van der Waals surface area contributed by atoms with E-state index in [-0.39, 0.29) is 11.7 Å². The molecule has 0 bridgehead atoms. The maximum absolute atomic E-state index is 11.2. The van der Waals surface area contributed by atoms with Gasteiger partial charge in [-0.1, -0.05) is 0 Å². The van der Waals surface area contributed by atoms with Crippen LogP contribution in [0.15, 0.2) is 28.7 Å². The second-order valence-electron chi connectivity index (χ2n) is 4.77. The van der Waals surface area contributed by atoms with Crippen molar-refractivity contribution in [3.8, 4) is 17.2 Å². The third-order valence-corrected chi connectivity index (χ3v) is 3.22. The number of ether oxygens (including phenoxy) is 1. The Bertz CT molecular complexity index is 626. The first kappa shape index (κ1) is 12.7. The van der Waals surface area contributed by atoms with Gasteiger partial charge in [-0.15, -0.1) is 0 Å². The number of oxazole rings is 1. The molecule has 1 saturated carbocycles. The zero-order valence-electron chi connectivity index (χ0n) is 11.1. The molecule has 0 amide bonds. The van der Waals surface area contributed by atoms with E-state index in [9.17, 15) is 4.79 Å². The van der Waals surface area contributed by atoms with Gasteiger partial charge in [0, 0.05) is 11.5 Å². The highest BCUT2D eigenvalue weighted by Gasteiger charge is 2.33. The van der Waals surface area contributed by atoms with Crippen molar-refractivity contribution in [1.29, 1.82) is 0 Å². The maximum Gasteiger partial charge on any atom is 0.373 e. The Morgan fingerprint density at radius 2 is 2.10 bits per heavy atom. The number of aromatic carboxylic acids is 1. The smallest absolute Gasteiger partial charge is 0.373 e. The summed E-state index contributed by atoms with van der Waals surface area (Å²) in [5.41, 5.74) is 1.32. The fraction of sp³-hybridized carbons (Fsp3) is 0.333. The van der Waals surface area contributed by atoms with E-state index in [2.05, 4.69) is 4.98 Å². The molecule has 5 nitrogen and oxygen atoms in total. The monoisotopic (exact) mass is 273 g/mol. The van der Waals surface area contributed by atoms with E-state index in [0.29, 0.717) is 18.2 Å². The van der Waals surface area contributed by atoms with Crippen molar-refractivity contribution in [2.45, 2.75) is 25.7 Å². The molecule has 5 heteroatoms. The molecule has 20 heavy (non-hydrogen) atoms. The quantitative estimate of drug-likeness (QED) is 0.904. The van der Waals surface area contributed by atoms with Crippen molar-refractivity contribution in [3.63, 3.8) is 0 Å². The van der Waals surface area contributed by atoms with Gasteiger partial charge in [-0.05, 0) is 44.0 Å². The zero-order chi connectivity index (χ0) is 14.1. The molecular weight excluding hydrogens is 258 g/mol. The average molecular weight is 273 g/mol. The minimum absolute atomic E-state index is 0.0311. The van der Waals surface area contributed by atoms with Crippen LogP contribution in [0.4, 0.5) is 0 Å². The first-order valence-corrected chi connectivity index (χ1v) is 6.66. The number of hydrogen-bond donors (Lipinski definition) is 1. The molecule has 1 aliphatic carbocycles. The average Bonchev–Trinajstić information content (AvgIpc) is 3.19. The third-order valence-electron chi connectivity index (χ3n) is 3.22. The van der Waals surface area contributed by atoms with Crippen LogP contribution >= 0.6 is 0 Å². The van der Waals surface area contributed by atoms with Crippen LogP contribution in [0.5, 0.6) is 5.75 Å². The summed E-state index contributed by atoms with van der Waals surface area (Å²) < 4.78 is 10.8. The van der Waals surface area contributed by atoms with E-state index in [1.54, 1.807) is 0 Å². The Morgan fingerprint density at radius 3 is 2.65 bits per heavy atom. The largest absolute Gasteiger partial charge is 0.494 e. The molecule has 0 aliphatic heterocycles. The molecule has 3 rings (SSSR count). The predicted octanol–water partition coefficient (Wildman–Crippen LogP) is 3.32. The molecule has 2 aromatic rings. The van der Waals surface area contributed by atoms with Gasteiger partial charge in [0.15, 0.2) is 0 Å². The van der Waals surface area contributed by atoms with Gasteiger partial charge in [0.1, 0.15) is 5.75 Å². The number of carbonyl (C=O) groups is 1. The molecule has 1 aromatic carbocycles. The van der Waals surface area contributed by atoms with E-state index in [0.717, 1.165) is 24.2 Å². The fourth-order valence-corrected chi connectivity index (χ4v) is 2.10. The van der Waals surface area contributed by atoms with Crippen molar-refractivity contribution in [2.24, 2.45) is 0 Å². The summed E-state index contributed by atoms with van der Waals surface area (Å²) in [6, 6.07) is 7.28. The molecule has 0 saturated heterocycles. The summed E-state index contributed by atoms with van der Waals surface area (Å²) in [4.78, 5) is 15.5. The number of rotatable bonds is 5. The van der Waals surface area contributed by atoms with Gasteiger partial charge in [0.25, 0.3) is 0 Å². The minimum Gasteiger partial charge on any atom is -0.494 e. The van der Waals surface area contributed by atoms with Crippen LogP contribution in [0.25, 0.3) is 11.5 Å². The van der Waals surface area contributed by atoms with E-state index in [4.69, 9.17) is 14.3 Å². The van der Waals surface area contributed by atoms with Crippen LogP contribution < -0.4 is 4.74 Å². The summed E-state index contributed by atoms with van der Waals surface area (Å²) in [5, 5.41) is 9.16. The van der Waals surface area contributed by atoms with Gasteiger partial charge in [-0.2, -0.15) is 0 Å². The molecular formula is C15H15NO4. The highest BCUT2D eigenvalue weighted by atomic mass is 16.5. The van der Waals surface area contributed by atoms with Crippen LogP contribution in [0.2, 0.25) is 0 Å². The topological polar surface area (TPSA) is 72.6 Å². The number of carboxylic acid groups (broad SMARTS) is 1. The number of carboxylic acids is 1. The summed E-state index contributed by atoms with van der Waals surface area (Å²) in [7, 11) is 0. The number of benzene rings is 1. The lowest BCUT2D eigenvalue weighted by Gasteiger charge is -2.02. The molecule has 104 valence electrons. The zero-order valence-corrected chi connectivity index (χ0v) is 11.1. The molecule has 0 atom stereocenters. The maximum atomic E-state index is 11.2. The van der Waals surface area contributed by atoms with Crippen LogP contribution in [0.3, 0.4) is 0 Å². The number of hydrogen-bond acceptors (Lipinski definition) is 4. The van der Waals surface area contributed by atoms with Gasteiger partial charge in [0.05, 0.1) is 12.3 Å². The summed E-state index contributed by atoms with van der Waals surface area (Å²) >= 11 is 0. The van der Waals surface area contributed by atoms with E-state index >= 15 is 0 Å². The molecule has 1 aliphatic rings. The van der Waals surface area contributed by atoms with Crippen LogP contribution in [0.1, 0.15) is 41.9 Å². The molecule has 1 fully saturated rings. The first-order valence-electron chi connectivity index (χ1n) is 6.66. The molecule has 1 aromatic heterocycles. The van der Waals surface area contributed by atoms with Crippen LogP contribution in [-0.4, -0.2) is 22.7 Å². The molecule has 0 radical (unpaired) electrons. The van der Waals surface area contributed by atoms with Crippen molar-refractivity contribution < 1.29 is 19.1 Å². The minimum atomic E-state index is -1.06. The molecule has 1 heterocycles. The lowest BCUT2D eigenvalue weighted by Crippen LogP contribution is -1.98. The molecule has 0 spiro atoms. The second kappa shape index (κ2) is 5.00. The Kier molecular flexibility index (Phi) is 3.18. The van der Waals surface area contributed by atoms with Gasteiger partial charge >= 0.3 is 5.97 Å². The van der Waals surface area contributed by atoms with Crippen molar-refractivity contribution >= 4 is 5.97 Å². The standard InChI is InChI=1S/C15H15NO4/c1-2-19-11-7-5-10(6-8-11)14-16-12(9-3-4-9)13(20-14)15(17)18/h5-9H,2-4H2,1H3,(H,17,18). The van der Waals surface area contributed by atoms with E-state index in [1.807, 2.05) is 31.2 Å². The lowest BCUT2D eigenvalue weighted by molar-refractivity contribution is 0.0661. The fourth-order valence-electron chi connectivity index (χ4n) is 2.10. The number of nitrogens with zero attached hydrogens (tertiary/aromatic N) is 1. The van der Waals surface area contributed by atoms with E-state index < -0.39 is 5.97 Å². The summed E-state index contributed by atoms with van der Waals surface area (Å²) in [5.74, 6) is 0.269. The van der Waals surface area contributed by atoms with Crippen LogP contribution in [0, 0.1) is 0 Å². The van der Waals surface area contributed by atoms with Gasteiger partial charge in [-0.3, -0.25) is 0 Å². The predicted molar refractivity (Wildman–Crippen MR) is 72.0 cm³/mol. The molecule has 0 unspecified atom stereocenters. The Balaban J connectivity index is 1.93.